The van der Waals surface area contributed by atoms with Crippen LogP contribution in [0.1, 0.15) is 51.8 Å². The van der Waals surface area contributed by atoms with Crippen molar-refractivity contribution in [2.75, 3.05) is 6.54 Å². The van der Waals surface area contributed by atoms with Gasteiger partial charge in [-0.3, -0.25) is 4.79 Å². The van der Waals surface area contributed by atoms with E-state index in [1.807, 2.05) is 4.90 Å². The number of hydrogen-bond acceptors (Lipinski definition) is 2. The number of halogens is 1. The van der Waals surface area contributed by atoms with Gasteiger partial charge in [-0.2, -0.15) is 5.26 Å². The van der Waals surface area contributed by atoms with E-state index in [0.717, 1.165) is 30.5 Å². The maximum absolute atomic E-state index is 13.3. The monoisotopic (exact) mass is 382 g/mol. The molecule has 4 heteroatoms. The molecule has 1 aliphatic carbocycles. The molecule has 1 amide bonds. The van der Waals surface area contributed by atoms with Gasteiger partial charge in [0.05, 0.1) is 17.7 Å². The first-order chi connectivity index (χ1) is 14.1. The van der Waals surface area contributed by atoms with Crippen LogP contribution in [-0.4, -0.2) is 17.4 Å². The van der Waals surface area contributed by atoms with Crippen molar-refractivity contribution in [2.45, 2.75) is 24.8 Å². The summed E-state index contributed by atoms with van der Waals surface area (Å²) >= 11 is 0. The molecule has 0 spiro atoms. The third kappa shape index (κ3) is 3.00. The van der Waals surface area contributed by atoms with E-state index in [1.165, 1.54) is 23.3 Å². The number of carbonyl (C=O) groups is 1. The average molecular weight is 382 g/mol. The predicted molar refractivity (Wildman–Crippen MR) is 109 cm³/mol. The zero-order valence-electron chi connectivity index (χ0n) is 15.8. The van der Waals surface area contributed by atoms with Crippen molar-refractivity contribution in [1.29, 1.82) is 5.26 Å². The summed E-state index contributed by atoms with van der Waals surface area (Å²) in [6.45, 7) is 0.731. The van der Waals surface area contributed by atoms with Crippen LogP contribution in [0.3, 0.4) is 0 Å². The van der Waals surface area contributed by atoms with Crippen molar-refractivity contribution in [3.63, 3.8) is 0 Å². The lowest BCUT2D eigenvalue weighted by Crippen LogP contribution is -2.37. The van der Waals surface area contributed by atoms with Crippen LogP contribution in [0, 0.1) is 17.1 Å². The van der Waals surface area contributed by atoms with Gasteiger partial charge >= 0.3 is 0 Å². The molecule has 0 radical (unpaired) electrons. The third-order valence-corrected chi connectivity index (χ3v) is 6.19. The lowest BCUT2D eigenvalue weighted by Gasteiger charge is -2.34. The zero-order valence-corrected chi connectivity index (χ0v) is 15.8. The maximum Gasteiger partial charge on any atom is 0.254 e. The van der Waals surface area contributed by atoms with E-state index < -0.39 is 0 Å². The molecular weight excluding hydrogens is 363 g/mol. The smallest absolute Gasteiger partial charge is 0.254 e. The number of nitriles is 1. The Bertz CT molecular complexity index is 1130. The molecule has 5 rings (SSSR count). The number of piperidine rings is 1. The highest BCUT2D eigenvalue weighted by atomic mass is 19.1. The normalized spacial score (nSPS) is 19.5. The molecule has 3 aromatic rings. The summed E-state index contributed by atoms with van der Waals surface area (Å²) in [4.78, 5) is 15.2. The average Bonchev–Trinajstić information content (AvgIpc) is 3.05. The maximum atomic E-state index is 13.3. The Labute approximate surface area is 169 Å². The second kappa shape index (κ2) is 6.86. The summed E-state index contributed by atoms with van der Waals surface area (Å²) in [6, 6.07) is 22.0. The number of carbonyl (C=O) groups excluding carboxylic acids is 1. The van der Waals surface area contributed by atoms with E-state index in [9.17, 15) is 9.18 Å². The van der Waals surface area contributed by atoms with E-state index in [0.29, 0.717) is 17.0 Å². The topological polar surface area (TPSA) is 44.1 Å². The van der Waals surface area contributed by atoms with Crippen molar-refractivity contribution in [3.8, 4) is 17.2 Å². The summed E-state index contributed by atoms with van der Waals surface area (Å²) in [7, 11) is 0. The predicted octanol–water partition coefficient (Wildman–Crippen LogP) is 5.44. The minimum absolute atomic E-state index is 0.0120. The lowest BCUT2D eigenvalue weighted by molar-refractivity contribution is 0.0620. The quantitative estimate of drug-likeness (QED) is 0.592. The Hall–Kier alpha value is -3.45. The molecule has 1 unspecified atom stereocenters. The molecule has 0 N–H and O–H groups in total. The fourth-order valence-corrected chi connectivity index (χ4v) is 4.70. The molecule has 3 aromatic carbocycles. The SMILES string of the molecule is N#Cc1ccc(C(=O)N2CC[C@@H]3CC2c2cc(-c4ccc(F)cc4)ccc23)cc1. The first-order valence-electron chi connectivity index (χ1n) is 9.85. The van der Waals surface area contributed by atoms with Crippen LogP contribution >= 0.6 is 0 Å². The van der Waals surface area contributed by atoms with Gasteiger partial charge in [0, 0.05) is 12.1 Å². The van der Waals surface area contributed by atoms with Gasteiger partial charge in [-0.25, -0.2) is 4.39 Å². The Morgan fingerprint density at radius 3 is 2.41 bits per heavy atom. The van der Waals surface area contributed by atoms with Crippen LogP contribution < -0.4 is 0 Å². The van der Waals surface area contributed by atoms with Crippen molar-refractivity contribution in [3.05, 3.63) is 94.8 Å². The van der Waals surface area contributed by atoms with Crippen LogP contribution in [-0.2, 0) is 0 Å². The van der Waals surface area contributed by atoms with Crippen molar-refractivity contribution in [2.24, 2.45) is 0 Å². The van der Waals surface area contributed by atoms with Gasteiger partial charge < -0.3 is 4.90 Å². The standard InChI is InChI=1S/C25H19FN2O/c26-21-8-5-17(6-9-21)19-7-10-22-20-11-12-28(24(14-20)23(22)13-19)25(29)18-3-1-16(15-27)2-4-18/h1-10,13,20,24H,11-12,14H2/t20-,24?/m1/s1. The van der Waals surface area contributed by atoms with Gasteiger partial charge in [0.15, 0.2) is 0 Å². The highest BCUT2D eigenvalue weighted by Gasteiger charge is 2.41. The Kier molecular flexibility index (Phi) is 4.17. The molecule has 2 bridgehead atoms. The molecule has 3 nitrogen and oxygen atoms in total. The van der Waals surface area contributed by atoms with E-state index in [-0.39, 0.29) is 17.8 Å². The molecule has 0 aromatic heterocycles. The molecule has 2 atom stereocenters. The summed E-state index contributed by atoms with van der Waals surface area (Å²) in [5.74, 6) is 0.255. The Balaban J connectivity index is 1.49. The second-order valence-corrected chi connectivity index (χ2v) is 7.78. The van der Waals surface area contributed by atoms with E-state index >= 15 is 0 Å². The Morgan fingerprint density at radius 2 is 1.69 bits per heavy atom. The first kappa shape index (κ1) is 17.6. The molecule has 1 fully saturated rings. The van der Waals surface area contributed by atoms with Gasteiger partial charge in [0.25, 0.3) is 5.91 Å². The molecule has 1 heterocycles. The summed E-state index contributed by atoms with van der Waals surface area (Å²) < 4.78 is 13.3. The summed E-state index contributed by atoms with van der Waals surface area (Å²) in [5, 5.41) is 8.98. The van der Waals surface area contributed by atoms with E-state index in [1.54, 1.807) is 36.4 Å². The van der Waals surface area contributed by atoms with Gasteiger partial charge in [-0.05, 0) is 83.5 Å². The third-order valence-electron chi connectivity index (χ3n) is 6.19. The summed E-state index contributed by atoms with van der Waals surface area (Å²) in [6.07, 6.45) is 1.91. The number of rotatable bonds is 2. The number of nitrogens with zero attached hydrogens (tertiary/aromatic N) is 2. The second-order valence-electron chi connectivity index (χ2n) is 7.78. The van der Waals surface area contributed by atoms with Gasteiger partial charge in [-0.15, -0.1) is 0 Å². The van der Waals surface area contributed by atoms with Crippen LogP contribution in [0.25, 0.3) is 11.1 Å². The van der Waals surface area contributed by atoms with Gasteiger partial charge in [0.2, 0.25) is 0 Å². The Morgan fingerprint density at radius 1 is 0.966 bits per heavy atom. The first-order valence-corrected chi connectivity index (χ1v) is 9.85. The fraction of sp³-hybridized carbons (Fsp3) is 0.200. The van der Waals surface area contributed by atoms with Crippen LogP contribution in [0.15, 0.2) is 66.7 Å². The van der Waals surface area contributed by atoms with Gasteiger partial charge in [0.1, 0.15) is 5.82 Å². The molecule has 142 valence electrons. The van der Waals surface area contributed by atoms with Crippen LogP contribution in [0.2, 0.25) is 0 Å². The van der Waals surface area contributed by atoms with Gasteiger partial charge in [-0.1, -0.05) is 24.3 Å². The number of fused-ring (bicyclic) bond motifs is 5. The molecular formula is C25H19FN2O. The molecule has 29 heavy (non-hydrogen) atoms. The van der Waals surface area contributed by atoms with E-state index in [2.05, 4.69) is 24.3 Å². The summed E-state index contributed by atoms with van der Waals surface area (Å²) in [5.41, 5.74) is 5.72. The van der Waals surface area contributed by atoms with Crippen LogP contribution in [0.4, 0.5) is 4.39 Å². The largest absolute Gasteiger partial charge is 0.332 e. The van der Waals surface area contributed by atoms with Crippen molar-refractivity contribution >= 4 is 5.91 Å². The fourth-order valence-electron chi connectivity index (χ4n) is 4.70. The number of hydrogen-bond donors (Lipinski definition) is 0. The van der Waals surface area contributed by atoms with E-state index in [4.69, 9.17) is 5.26 Å². The number of likely N-dealkylation sites (tertiary alicyclic amines) is 1. The highest BCUT2D eigenvalue weighted by Crippen LogP contribution is 2.50. The highest BCUT2D eigenvalue weighted by molar-refractivity contribution is 5.95. The number of benzene rings is 3. The molecule has 2 aliphatic rings. The molecule has 1 aliphatic heterocycles. The number of amides is 1. The lowest BCUT2D eigenvalue weighted by atomic mass is 9.94. The minimum atomic E-state index is -0.245. The minimum Gasteiger partial charge on any atom is -0.332 e. The van der Waals surface area contributed by atoms with Crippen LogP contribution in [0.5, 0.6) is 0 Å². The zero-order chi connectivity index (χ0) is 20.0. The molecule has 1 saturated heterocycles. The van der Waals surface area contributed by atoms with Crippen molar-refractivity contribution in [1.82, 2.24) is 4.90 Å². The molecule has 0 saturated carbocycles. The van der Waals surface area contributed by atoms with Crippen molar-refractivity contribution < 1.29 is 9.18 Å².